The fourth-order valence-corrected chi connectivity index (χ4v) is 1.65. The van der Waals surface area contributed by atoms with Crippen LogP contribution in [-0.2, 0) is 16.8 Å². The van der Waals surface area contributed by atoms with Crippen LogP contribution in [0.3, 0.4) is 0 Å². The van der Waals surface area contributed by atoms with E-state index in [0.29, 0.717) is 0 Å². The van der Waals surface area contributed by atoms with E-state index in [2.05, 4.69) is 16.1 Å². The summed E-state index contributed by atoms with van der Waals surface area (Å²) < 4.78 is 0.865. The maximum absolute atomic E-state index is 4.60. The molecule has 2 aliphatic rings. The Bertz CT molecular complexity index is 127. The first-order chi connectivity index (χ1) is 5.41. The Labute approximate surface area is 98.6 Å². The predicted octanol–water partition coefficient (Wildman–Crippen LogP) is 1.72. The van der Waals surface area contributed by atoms with Gasteiger partial charge in [0.05, 0.1) is 0 Å². The summed E-state index contributed by atoms with van der Waals surface area (Å²) in [6, 6.07) is 0. The first-order valence-electron chi connectivity index (χ1n) is 4.23. The molecule has 0 saturated carbocycles. The van der Waals surface area contributed by atoms with Crippen LogP contribution >= 0.6 is 0 Å². The molecular weight excluding hydrogens is 223 g/mol. The molecule has 2 rings (SSSR count). The van der Waals surface area contributed by atoms with Gasteiger partial charge in [0.1, 0.15) is 0 Å². The van der Waals surface area contributed by atoms with Gasteiger partial charge in [-0.25, -0.2) is 0 Å². The third-order valence-electron chi connectivity index (χ3n) is 2.37. The van der Waals surface area contributed by atoms with E-state index >= 15 is 0 Å². The van der Waals surface area contributed by atoms with Crippen LogP contribution in [0.4, 0.5) is 0 Å². The molecule has 89 valence electrons. The average molecular weight is 243 g/mol. The molecule has 2 saturated heterocycles. The van der Waals surface area contributed by atoms with Gasteiger partial charge in [-0.3, -0.25) is 0 Å². The molecule has 5 heteroatoms. The topological polar surface area (TPSA) is 42.3 Å². The van der Waals surface area contributed by atoms with E-state index in [0.717, 1.165) is 50.5 Å². The van der Waals surface area contributed by atoms with Crippen LogP contribution in [0.2, 0.25) is 0 Å². The molecule has 2 aliphatic heterocycles. The van der Waals surface area contributed by atoms with Crippen molar-refractivity contribution in [2.45, 2.75) is 0 Å². The molecule has 0 amide bonds. The molecule has 0 aromatic rings. The van der Waals surface area contributed by atoms with Crippen molar-refractivity contribution in [2.24, 2.45) is 0 Å². The van der Waals surface area contributed by atoms with Crippen molar-refractivity contribution in [1.29, 1.82) is 0 Å². The number of rotatable bonds is 0. The van der Waals surface area contributed by atoms with E-state index in [-0.39, 0.29) is 31.6 Å². The first-order valence-corrected chi connectivity index (χ1v) is 4.23. The SMILES string of the molecule is C1C[N-][N+]2(CC[N-]1)CC[N-]C2.[CH3-].[CH3-].[Co]. The Kier molecular flexibility index (Phi) is 9.12. The second kappa shape index (κ2) is 7.61. The van der Waals surface area contributed by atoms with E-state index in [1.165, 1.54) is 0 Å². The molecule has 0 bridgehead atoms. The summed E-state index contributed by atoms with van der Waals surface area (Å²) in [7, 11) is 0. The van der Waals surface area contributed by atoms with Crippen molar-refractivity contribution >= 4 is 0 Å². The molecule has 0 aromatic carbocycles. The second-order valence-electron chi connectivity index (χ2n) is 3.17. The number of quaternary nitrogens is 1. The largest absolute Gasteiger partial charge is 0.659 e. The van der Waals surface area contributed by atoms with Crippen LogP contribution in [0.25, 0.3) is 16.1 Å². The minimum atomic E-state index is 0. The monoisotopic (exact) mass is 243 g/mol. The summed E-state index contributed by atoms with van der Waals surface area (Å²) in [5.74, 6) is 0. The third-order valence-corrected chi connectivity index (χ3v) is 2.37. The Morgan fingerprint density at radius 3 is 2.07 bits per heavy atom. The Balaban J connectivity index is 0. The zero-order valence-electron chi connectivity index (χ0n) is 9.07. The fourth-order valence-electron chi connectivity index (χ4n) is 1.65. The minimum Gasteiger partial charge on any atom is -0.659 e. The Morgan fingerprint density at radius 1 is 0.786 bits per heavy atom. The van der Waals surface area contributed by atoms with Crippen molar-refractivity contribution in [1.82, 2.24) is 0 Å². The van der Waals surface area contributed by atoms with Gasteiger partial charge >= 0.3 is 0 Å². The summed E-state index contributed by atoms with van der Waals surface area (Å²) >= 11 is 0. The normalized spacial score (nSPS) is 30.9. The molecule has 1 unspecified atom stereocenters. The minimum absolute atomic E-state index is 0. The van der Waals surface area contributed by atoms with E-state index in [1.54, 1.807) is 0 Å². The standard InChI is InChI=1S/C7H14N4.2CH3.Co/c1-2-10-11(5-3-8-1)6-4-9-7-11;;;/h1-7H2;2*1H3;/q-2;2*-1;. The van der Waals surface area contributed by atoms with Gasteiger partial charge in [0, 0.05) is 29.9 Å². The van der Waals surface area contributed by atoms with Crippen LogP contribution in [0.5, 0.6) is 0 Å². The first kappa shape index (κ1) is 16.8. The zero-order valence-corrected chi connectivity index (χ0v) is 10.1. The molecule has 1 radical (unpaired) electrons. The van der Waals surface area contributed by atoms with Crippen molar-refractivity contribution in [3.63, 3.8) is 0 Å². The second-order valence-corrected chi connectivity index (χ2v) is 3.17. The third kappa shape index (κ3) is 3.84. The molecule has 4 nitrogen and oxygen atoms in total. The fraction of sp³-hybridized carbons (Fsp3) is 0.778. The van der Waals surface area contributed by atoms with E-state index in [4.69, 9.17) is 0 Å². The number of hydrogen-bond acceptors (Lipinski definition) is 0. The predicted molar refractivity (Wildman–Crippen MR) is 57.2 cm³/mol. The smallest absolute Gasteiger partial charge is 0.0495 e. The van der Waals surface area contributed by atoms with Crippen molar-refractivity contribution < 1.29 is 21.4 Å². The quantitative estimate of drug-likeness (QED) is 0.459. The molecular formula is C9H20CoN4-4. The maximum Gasteiger partial charge on any atom is 0.0495 e. The van der Waals surface area contributed by atoms with Crippen LogP contribution in [0.15, 0.2) is 0 Å². The average Bonchev–Trinajstić information content (AvgIpc) is 2.32. The molecule has 0 N–H and O–H groups in total. The number of hydrogen-bond donors (Lipinski definition) is 0. The maximum atomic E-state index is 4.60. The molecule has 2 fully saturated rings. The Hall–Kier alpha value is 0.346. The summed E-state index contributed by atoms with van der Waals surface area (Å²) in [5.41, 5.74) is 4.60. The van der Waals surface area contributed by atoms with E-state index < -0.39 is 0 Å². The number of nitrogens with zero attached hydrogens (tertiary/aromatic N) is 4. The molecule has 14 heavy (non-hydrogen) atoms. The summed E-state index contributed by atoms with van der Waals surface area (Å²) in [4.78, 5) is 0. The molecule has 1 spiro atoms. The summed E-state index contributed by atoms with van der Waals surface area (Å²) in [5, 5.41) is 8.68. The van der Waals surface area contributed by atoms with E-state index in [9.17, 15) is 0 Å². The summed E-state index contributed by atoms with van der Waals surface area (Å²) in [6.07, 6.45) is 0. The van der Waals surface area contributed by atoms with Gasteiger partial charge in [-0.15, -0.1) is 6.54 Å². The van der Waals surface area contributed by atoms with Crippen LogP contribution in [-0.4, -0.2) is 50.5 Å². The van der Waals surface area contributed by atoms with Crippen LogP contribution in [0, 0.1) is 14.9 Å². The molecule has 0 aliphatic carbocycles. The van der Waals surface area contributed by atoms with Gasteiger partial charge in [-0.05, 0) is 6.67 Å². The van der Waals surface area contributed by atoms with Gasteiger partial charge in [-0.2, -0.15) is 6.54 Å². The van der Waals surface area contributed by atoms with Crippen LogP contribution in [0.1, 0.15) is 0 Å². The van der Waals surface area contributed by atoms with E-state index in [1.807, 2.05) is 0 Å². The Morgan fingerprint density at radius 2 is 1.43 bits per heavy atom. The zero-order chi connectivity index (χ0) is 7.57. The van der Waals surface area contributed by atoms with Crippen LogP contribution < -0.4 is 0 Å². The van der Waals surface area contributed by atoms with Gasteiger partial charge in [0.15, 0.2) is 0 Å². The van der Waals surface area contributed by atoms with Gasteiger partial charge in [0.25, 0.3) is 0 Å². The van der Waals surface area contributed by atoms with Crippen molar-refractivity contribution in [3.8, 4) is 0 Å². The van der Waals surface area contributed by atoms with Gasteiger partial charge in [-0.1, -0.05) is 13.1 Å². The van der Waals surface area contributed by atoms with Crippen molar-refractivity contribution in [2.75, 3.05) is 45.9 Å². The van der Waals surface area contributed by atoms with Gasteiger partial charge < -0.3 is 35.5 Å². The molecule has 2 heterocycles. The summed E-state index contributed by atoms with van der Waals surface area (Å²) in [6.45, 7) is 6.85. The molecule has 1 atom stereocenters. The van der Waals surface area contributed by atoms with Crippen molar-refractivity contribution in [3.05, 3.63) is 30.9 Å². The van der Waals surface area contributed by atoms with Gasteiger partial charge in [0.2, 0.25) is 0 Å². The molecule has 0 aromatic heterocycles.